The highest BCUT2D eigenvalue weighted by Gasteiger charge is 2.25. The van der Waals surface area contributed by atoms with E-state index in [-0.39, 0.29) is 0 Å². The molecule has 1 aromatic heterocycles. The summed E-state index contributed by atoms with van der Waals surface area (Å²) in [5.41, 5.74) is 5.94. The van der Waals surface area contributed by atoms with Gasteiger partial charge in [-0.05, 0) is 6.42 Å². The third-order valence-electron chi connectivity index (χ3n) is 2.37. The molecule has 94 valence electrons. The van der Waals surface area contributed by atoms with Crippen molar-refractivity contribution in [2.24, 2.45) is 12.8 Å². The Kier molecular flexibility index (Phi) is 4.22. The van der Waals surface area contributed by atoms with E-state index in [1.807, 2.05) is 0 Å². The molecule has 1 heterocycles. The molecule has 0 spiro atoms. The lowest BCUT2D eigenvalue weighted by molar-refractivity contribution is -0.142. The number of rotatable bonds is 5. The molecule has 4 N–H and O–H groups in total. The Balaban J connectivity index is 2.81. The first kappa shape index (κ1) is 13.2. The predicted molar refractivity (Wildman–Crippen MR) is 60.0 cm³/mol. The lowest BCUT2D eigenvalue weighted by atomic mass is 10.1. The van der Waals surface area contributed by atoms with Crippen LogP contribution < -0.4 is 11.1 Å². The first-order valence-electron chi connectivity index (χ1n) is 5.23. The summed E-state index contributed by atoms with van der Waals surface area (Å²) in [6.45, 7) is 1.75. The van der Waals surface area contributed by atoms with E-state index in [1.165, 1.54) is 17.1 Å². The smallest absolute Gasteiger partial charge is 0.331 e. The van der Waals surface area contributed by atoms with Gasteiger partial charge in [0.25, 0.3) is 0 Å². The minimum absolute atomic E-state index is 0.414. The number of nitrogens with zero attached hydrogens (tertiary/aromatic N) is 2. The van der Waals surface area contributed by atoms with Crippen molar-refractivity contribution in [1.82, 2.24) is 15.1 Å². The number of carbonyl (C=O) groups excluding carboxylic acids is 1. The fourth-order valence-corrected chi connectivity index (χ4v) is 1.31. The van der Waals surface area contributed by atoms with Crippen LogP contribution in [0.15, 0.2) is 12.4 Å². The average molecular weight is 240 g/mol. The molecule has 0 aliphatic rings. The zero-order chi connectivity index (χ0) is 13.0. The van der Waals surface area contributed by atoms with Gasteiger partial charge in [0.05, 0.1) is 12.2 Å². The average Bonchev–Trinajstić information content (AvgIpc) is 2.70. The van der Waals surface area contributed by atoms with E-state index in [0.717, 1.165) is 0 Å². The third-order valence-corrected chi connectivity index (χ3v) is 2.37. The topological polar surface area (TPSA) is 110 Å². The molecular formula is C10H16N4O3. The molecule has 0 saturated heterocycles. The van der Waals surface area contributed by atoms with Crippen molar-refractivity contribution >= 4 is 11.9 Å². The van der Waals surface area contributed by atoms with Crippen molar-refractivity contribution in [3.05, 3.63) is 18.0 Å². The van der Waals surface area contributed by atoms with E-state index in [2.05, 4.69) is 10.4 Å². The quantitative estimate of drug-likeness (QED) is 0.636. The van der Waals surface area contributed by atoms with Gasteiger partial charge in [0.1, 0.15) is 0 Å². The maximum Gasteiger partial charge on any atom is 0.331 e. The van der Waals surface area contributed by atoms with Crippen LogP contribution in [0.1, 0.15) is 24.9 Å². The highest BCUT2D eigenvalue weighted by molar-refractivity contribution is 5.87. The van der Waals surface area contributed by atoms with Gasteiger partial charge in [0, 0.05) is 18.8 Å². The van der Waals surface area contributed by atoms with Crippen LogP contribution in [-0.4, -0.2) is 32.8 Å². The molecule has 0 saturated carbocycles. The molecule has 1 aromatic rings. The minimum Gasteiger partial charge on any atom is -0.479 e. The van der Waals surface area contributed by atoms with Crippen LogP contribution in [0, 0.1) is 0 Å². The summed E-state index contributed by atoms with van der Waals surface area (Å²) >= 11 is 0. The molecule has 0 aliphatic carbocycles. The molecular weight excluding hydrogens is 224 g/mol. The van der Waals surface area contributed by atoms with Gasteiger partial charge in [-0.2, -0.15) is 5.10 Å². The van der Waals surface area contributed by atoms with Crippen LogP contribution in [0.2, 0.25) is 0 Å². The van der Waals surface area contributed by atoms with Crippen LogP contribution in [-0.2, 0) is 16.6 Å². The summed E-state index contributed by atoms with van der Waals surface area (Å²) in [6.07, 6.45) is 3.39. The summed E-state index contributed by atoms with van der Waals surface area (Å²) in [5.74, 6) is -1.63. The Bertz CT molecular complexity index is 415. The molecule has 1 unspecified atom stereocenters. The van der Waals surface area contributed by atoms with Gasteiger partial charge in [-0.1, -0.05) is 6.92 Å². The highest BCUT2D eigenvalue weighted by atomic mass is 16.4. The number of nitrogens with two attached hydrogens (primary N) is 1. The van der Waals surface area contributed by atoms with Gasteiger partial charge in [0.15, 0.2) is 6.04 Å². The Labute approximate surface area is 98.6 Å². The number of aromatic nitrogens is 2. The normalized spacial score (nSPS) is 14.1. The summed E-state index contributed by atoms with van der Waals surface area (Å²) in [7, 11) is 1.67. The highest BCUT2D eigenvalue weighted by Crippen LogP contribution is 2.12. The van der Waals surface area contributed by atoms with E-state index in [9.17, 15) is 9.59 Å². The Hall–Kier alpha value is -1.89. The first-order valence-corrected chi connectivity index (χ1v) is 5.23. The van der Waals surface area contributed by atoms with E-state index in [4.69, 9.17) is 10.8 Å². The molecule has 0 bridgehead atoms. The molecule has 7 heteroatoms. The van der Waals surface area contributed by atoms with Crippen molar-refractivity contribution in [3.8, 4) is 0 Å². The largest absolute Gasteiger partial charge is 0.479 e. The molecule has 7 nitrogen and oxygen atoms in total. The molecule has 1 amide bonds. The Morgan fingerprint density at radius 1 is 1.65 bits per heavy atom. The molecule has 17 heavy (non-hydrogen) atoms. The summed E-state index contributed by atoms with van der Waals surface area (Å²) in [5, 5.41) is 15.3. The maximum absolute atomic E-state index is 11.5. The summed E-state index contributed by atoms with van der Waals surface area (Å²) in [6, 6.07) is -1.82. The Morgan fingerprint density at radius 3 is 2.71 bits per heavy atom. The molecule has 0 radical (unpaired) electrons. The van der Waals surface area contributed by atoms with Crippen molar-refractivity contribution in [2.75, 3.05) is 0 Å². The van der Waals surface area contributed by atoms with Crippen LogP contribution in [0.3, 0.4) is 0 Å². The van der Waals surface area contributed by atoms with Gasteiger partial charge in [0.2, 0.25) is 5.91 Å². The Morgan fingerprint density at radius 2 is 2.29 bits per heavy atom. The standard InChI is InChI=1S/C10H16N4O3/c1-3-7(11)9(15)13-8(10(16)17)6-4-12-14(2)5-6/h4-5,7-8H,3,11H2,1-2H3,(H,13,15)(H,16,17)/t7-,8?/m0/s1. The van der Waals surface area contributed by atoms with Crippen molar-refractivity contribution < 1.29 is 14.7 Å². The lowest BCUT2D eigenvalue weighted by Crippen LogP contribution is -2.43. The van der Waals surface area contributed by atoms with Gasteiger partial charge in [-0.15, -0.1) is 0 Å². The first-order chi connectivity index (χ1) is 7.95. The van der Waals surface area contributed by atoms with Crippen molar-refractivity contribution in [3.63, 3.8) is 0 Å². The molecule has 0 aliphatic heterocycles. The number of hydrogen-bond acceptors (Lipinski definition) is 4. The van der Waals surface area contributed by atoms with Gasteiger partial charge in [-0.3, -0.25) is 9.48 Å². The molecule has 1 rings (SSSR count). The van der Waals surface area contributed by atoms with Gasteiger partial charge >= 0.3 is 5.97 Å². The number of carboxylic acid groups (broad SMARTS) is 1. The van der Waals surface area contributed by atoms with Crippen LogP contribution >= 0.6 is 0 Å². The number of nitrogens with one attached hydrogen (secondary N) is 1. The molecule has 0 aromatic carbocycles. The number of carbonyl (C=O) groups is 2. The summed E-state index contributed by atoms with van der Waals surface area (Å²) < 4.78 is 1.47. The molecule has 0 fully saturated rings. The van der Waals surface area contributed by atoms with Crippen molar-refractivity contribution in [2.45, 2.75) is 25.4 Å². The van der Waals surface area contributed by atoms with Crippen LogP contribution in [0.25, 0.3) is 0 Å². The fraction of sp³-hybridized carbons (Fsp3) is 0.500. The predicted octanol–water partition coefficient (Wildman–Crippen LogP) is -0.601. The number of aliphatic carboxylic acids is 1. The van der Waals surface area contributed by atoms with E-state index in [1.54, 1.807) is 14.0 Å². The zero-order valence-electron chi connectivity index (χ0n) is 9.75. The second kappa shape index (κ2) is 5.44. The number of amides is 1. The van der Waals surface area contributed by atoms with Crippen molar-refractivity contribution in [1.29, 1.82) is 0 Å². The van der Waals surface area contributed by atoms with Gasteiger partial charge in [-0.25, -0.2) is 4.79 Å². The zero-order valence-corrected chi connectivity index (χ0v) is 9.75. The van der Waals surface area contributed by atoms with E-state index in [0.29, 0.717) is 12.0 Å². The lowest BCUT2D eigenvalue weighted by Gasteiger charge is -2.15. The maximum atomic E-state index is 11.5. The second-order valence-corrected chi connectivity index (χ2v) is 3.74. The van der Waals surface area contributed by atoms with Gasteiger partial charge < -0.3 is 16.2 Å². The van der Waals surface area contributed by atoms with E-state index < -0.39 is 24.0 Å². The number of carboxylic acids is 1. The number of aryl methyl sites for hydroxylation is 1. The monoisotopic (exact) mass is 240 g/mol. The number of hydrogen-bond donors (Lipinski definition) is 3. The summed E-state index contributed by atoms with van der Waals surface area (Å²) in [4.78, 5) is 22.6. The second-order valence-electron chi connectivity index (χ2n) is 3.74. The third kappa shape index (κ3) is 3.28. The fourth-order valence-electron chi connectivity index (χ4n) is 1.31. The van der Waals surface area contributed by atoms with Crippen LogP contribution in [0.5, 0.6) is 0 Å². The van der Waals surface area contributed by atoms with Crippen LogP contribution in [0.4, 0.5) is 0 Å². The van der Waals surface area contributed by atoms with E-state index >= 15 is 0 Å². The SMILES string of the molecule is CC[C@H](N)C(=O)NC(C(=O)O)c1cnn(C)c1. The minimum atomic E-state index is -1.14. The molecule has 2 atom stereocenters.